The molecule has 1 aliphatic rings. The van der Waals surface area contributed by atoms with Gasteiger partial charge in [0.05, 0.1) is 6.10 Å². The summed E-state index contributed by atoms with van der Waals surface area (Å²) >= 11 is 0. The van der Waals surface area contributed by atoms with E-state index >= 15 is 0 Å². The van der Waals surface area contributed by atoms with Crippen LogP contribution in [0.1, 0.15) is 46.5 Å². The van der Waals surface area contributed by atoms with E-state index in [-0.39, 0.29) is 17.9 Å². The van der Waals surface area contributed by atoms with Crippen molar-refractivity contribution in [1.82, 2.24) is 10.2 Å². The van der Waals surface area contributed by atoms with Gasteiger partial charge in [-0.2, -0.15) is 0 Å². The third kappa shape index (κ3) is 4.25. The standard InChI is InChI=1S/C14H28N2O2/c1-4-7-15-12-8-11(13(17)5-2)9-16(10-12)14(18)6-3/h11-13,15,17H,4-10H2,1-3H3. The molecule has 0 aliphatic carbocycles. The minimum atomic E-state index is -0.289. The van der Waals surface area contributed by atoms with E-state index in [4.69, 9.17) is 0 Å². The summed E-state index contributed by atoms with van der Waals surface area (Å²) in [6.07, 6.45) is 3.10. The lowest BCUT2D eigenvalue weighted by Crippen LogP contribution is -2.53. The van der Waals surface area contributed by atoms with Crippen LogP contribution in [0.4, 0.5) is 0 Å². The number of aliphatic hydroxyl groups excluding tert-OH is 1. The normalized spacial score (nSPS) is 26.1. The van der Waals surface area contributed by atoms with E-state index in [0.717, 1.165) is 32.4 Å². The molecule has 1 fully saturated rings. The molecule has 3 unspecified atom stereocenters. The summed E-state index contributed by atoms with van der Waals surface area (Å²) in [7, 11) is 0. The number of nitrogens with zero attached hydrogens (tertiary/aromatic N) is 1. The van der Waals surface area contributed by atoms with Crippen molar-refractivity contribution in [2.45, 2.75) is 58.6 Å². The second-order valence-electron chi connectivity index (χ2n) is 5.27. The Balaban J connectivity index is 2.62. The summed E-state index contributed by atoms with van der Waals surface area (Å²) in [4.78, 5) is 13.8. The highest BCUT2D eigenvalue weighted by Gasteiger charge is 2.32. The molecule has 0 aromatic carbocycles. The highest BCUT2D eigenvalue weighted by atomic mass is 16.3. The number of likely N-dealkylation sites (tertiary alicyclic amines) is 1. The molecule has 106 valence electrons. The van der Waals surface area contributed by atoms with Gasteiger partial charge in [0.2, 0.25) is 5.91 Å². The summed E-state index contributed by atoms with van der Waals surface area (Å²) in [6.45, 7) is 8.53. The average Bonchev–Trinajstić information content (AvgIpc) is 2.42. The molecular formula is C14H28N2O2. The number of nitrogens with one attached hydrogen (secondary N) is 1. The molecule has 3 atom stereocenters. The second kappa shape index (κ2) is 7.74. The van der Waals surface area contributed by atoms with Crippen LogP contribution in [0, 0.1) is 5.92 Å². The molecule has 0 aromatic heterocycles. The SMILES string of the molecule is CCCNC1CC(C(O)CC)CN(C(=O)CC)C1. The van der Waals surface area contributed by atoms with E-state index in [1.165, 1.54) is 0 Å². The van der Waals surface area contributed by atoms with Gasteiger partial charge in [0.15, 0.2) is 0 Å². The Morgan fingerprint density at radius 1 is 1.39 bits per heavy atom. The molecule has 4 nitrogen and oxygen atoms in total. The van der Waals surface area contributed by atoms with Crippen LogP contribution < -0.4 is 5.32 Å². The first kappa shape index (κ1) is 15.4. The van der Waals surface area contributed by atoms with E-state index in [0.29, 0.717) is 19.0 Å². The van der Waals surface area contributed by atoms with Crippen LogP contribution in [0.15, 0.2) is 0 Å². The summed E-state index contributed by atoms with van der Waals surface area (Å²) in [5, 5.41) is 13.5. The predicted octanol–water partition coefficient (Wildman–Crippen LogP) is 1.38. The van der Waals surface area contributed by atoms with Gasteiger partial charge in [0.25, 0.3) is 0 Å². The summed E-state index contributed by atoms with van der Waals surface area (Å²) in [6, 6.07) is 0.334. The minimum absolute atomic E-state index is 0.200. The third-order valence-electron chi connectivity index (χ3n) is 3.78. The van der Waals surface area contributed by atoms with Crippen molar-refractivity contribution >= 4 is 5.91 Å². The largest absolute Gasteiger partial charge is 0.393 e. The second-order valence-corrected chi connectivity index (χ2v) is 5.27. The molecule has 1 aliphatic heterocycles. The van der Waals surface area contributed by atoms with Gasteiger partial charge in [-0.25, -0.2) is 0 Å². The molecular weight excluding hydrogens is 228 g/mol. The zero-order chi connectivity index (χ0) is 13.5. The highest BCUT2D eigenvalue weighted by Crippen LogP contribution is 2.22. The number of aliphatic hydroxyl groups is 1. The van der Waals surface area contributed by atoms with Crippen LogP contribution in [0.2, 0.25) is 0 Å². The van der Waals surface area contributed by atoms with Crippen LogP contribution in [-0.4, -0.2) is 47.7 Å². The maximum absolute atomic E-state index is 11.9. The maximum atomic E-state index is 11.9. The smallest absolute Gasteiger partial charge is 0.222 e. The Morgan fingerprint density at radius 3 is 2.67 bits per heavy atom. The molecule has 0 bridgehead atoms. The van der Waals surface area contributed by atoms with Crippen LogP contribution >= 0.6 is 0 Å². The van der Waals surface area contributed by atoms with Crippen molar-refractivity contribution in [3.63, 3.8) is 0 Å². The molecule has 0 radical (unpaired) electrons. The monoisotopic (exact) mass is 256 g/mol. The average molecular weight is 256 g/mol. The van der Waals surface area contributed by atoms with Gasteiger partial charge in [0.1, 0.15) is 0 Å². The van der Waals surface area contributed by atoms with E-state index in [1.54, 1.807) is 0 Å². The highest BCUT2D eigenvalue weighted by molar-refractivity contribution is 5.76. The van der Waals surface area contributed by atoms with Crippen molar-refractivity contribution in [3.05, 3.63) is 0 Å². The maximum Gasteiger partial charge on any atom is 0.222 e. The lowest BCUT2D eigenvalue weighted by molar-refractivity contribution is -0.134. The van der Waals surface area contributed by atoms with Gasteiger partial charge in [0, 0.05) is 31.5 Å². The molecule has 2 N–H and O–H groups in total. The van der Waals surface area contributed by atoms with Crippen molar-refractivity contribution in [3.8, 4) is 0 Å². The molecule has 1 amide bonds. The summed E-state index contributed by atoms with van der Waals surface area (Å²) < 4.78 is 0. The van der Waals surface area contributed by atoms with Gasteiger partial charge < -0.3 is 15.3 Å². The Bertz CT molecular complexity index is 258. The Morgan fingerprint density at radius 2 is 2.11 bits per heavy atom. The number of amides is 1. The topological polar surface area (TPSA) is 52.6 Å². The fraction of sp³-hybridized carbons (Fsp3) is 0.929. The lowest BCUT2D eigenvalue weighted by atomic mass is 9.88. The first-order chi connectivity index (χ1) is 8.62. The molecule has 0 aromatic rings. The van der Waals surface area contributed by atoms with Crippen molar-refractivity contribution < 1.29 is 9.90 Å². The Hall–Kier alpha value is -0.610. The molecule has 0 spiro atoms. The van der Waals surface area contributed by atoms with Crippen molar-refractivity contribution in [2.75, 3.05) is 19.6 Å². The fourth-order valence-corrected chi connectivity index (χ4v) is 2.67. The van der Waals surface area contributed by atoms with Gasteiger partial charge >= 0.3 is 0 Å². The number of piperidine rings is 1. The van der Waals surface area contributed by atoms with Gasteiger partial charge in [-0.1, -0.05) is 20.8 Å². The van der Waals surface area contributed by atoms with Crippen molar-refractivity contribution in [2.24, 2.45) is 5.92 Å². The Labute approximate surface area is 111 Å². The first-order valence-electron chi connectivity index (χ1n) is 7.31. The van der Waals surface area contributed by atoms with Crippen LogP contribution in [-0.2, 0) is 4.79 Å². The first-order valence-corrected chi connectivity index (χ1v) is 7.31. The molecule has 1 rings (SSSR count). The van der Waals surface area contributed by atoms with Crippen molar-refractivity contribution in [1.29, 1.82) is 0 Å². The molecule has 18 heavy (non-hydrogen) atoms. The molecule has 0 saturated carbocycles. The predicted molar refractivity (Wildman–Crippen MR) is 73.4 cm³/mol. The van der Waals surface area contributed by atoms with E-state index in [1.807, 2.05) is 18.7 Å². The van der Waals surface area contributed by atoms with E-state index in [9.17, 15) is 9.90 Å². The van der Waals surface area contributed by atoms with Crippen LogP contribution in [0.3, 0.4) is 0 Å². The van der Waals surface area contributed by atoms with Gasteiger partial charge in [-0.15, -0.1) is 0 Å². The van der Waals surface area contributed by atoms with E-state index in [2.05, 4.69) is 12.2 Å². The summed E-state index contributed by atoms with van der Waals surface area (Å²) in [5.41, 5.74) is 0. The molecule has 1 saturated heterocycles. The fourth-order valence-electron chi connectivity index (χ4n) is 2.67. The van der Waals surface area contributed by atoms with E-state index < -0.39 is 0 Å². The minimum Gasteiger partial charge on any atom is -0.393 e. The molecule has 1 heterocycles. The number of carbonyl (C=O) groups excluding carboxylic acids is 1. The zero-order valence-electron chi connectivity index (χ0n) is 12.0. The quantitative estimate of drug-likeness (QED) is 0.755. The number of carbonyl (C=O) groups is 1. The zero-order valence-corrected chi connectivity index (χ0v) is 12.0. The Kier molecular flexibility index (Phi) is 6.65. The molecule has 4 heteroatoms. The number of rotatable bonds is 6. The van der Waals surface area contributed by atoms with Gasteiger partial charge in [-0.05, 0) is 25.8 Å². The van der Waals surface area contributed by atoms with Gasteiger partial charge in [-0.3, -0.25) is 4.79 Å². The number of hydrogen-bond acceptors (Lipinski definition) is 3. The summed E-state index contributed by atoms with van der Waals surface area (Å²) in [5.74, 6) is 0.417. The van der Waals surface area contributed by atoms with Crippen LogP contribution in [0.5, 0.6) is 0 Å². The lowest BCUT2D eigenvalue weighted by Gasteiger charge is -2.40. The van der Waals surface area contributed by atoms with Crippen LogP contribution in [0.25, 0.3) is 0 Å². The number of hydrogen-bond donors (Lipinski definition) is 2. The third-order valence-corrected chi connectivity index (χ3v) is 3.78.